The lowest BCUT2D eigenvalue weighted by molar-refractivity contribution is -0.132. The van der Waals surface area contributed by atoms with E-state index in [1.165, 1.54) is 0 Å². The van der Waals surface area contributed by atoms with Gasteiger partial charge in [-0.15, -0.1) is 0 Å². The molecule has 0 unspecified atom stereocenters. The number of alkyl halides is 1. The fraction of sp³-hybridized carbons (Fsp3) is 0.500. The Kier molecular flexibility index (Phi) is 6.94. The van der Waals surface area contributed by atoms with Gasteiger partial charge in [0.05, 0.1) is 6.42 Å². The third-order valence-electron chi connectivity index (χ3n) is 2.72. The highest BCUT2D eigenvalue weighted by Crippen LogP contribution is 2.13. The molecule has 0 spiro atoms. The van der Waals surface area contributed by atoms with Crippen molar-refractivity contribution in [2.45, 2.75) is 32.7 Å². The standard InChI is InChI=1S/C14H19Br2NO/c1-11(2)17(8-4-7-15)14(18)10-12-5-3-6-13(16)9-12/h3,5-6,9,11H,4,7-8,10H2,1-2H3. The summed E-state index contributed by atoms with van der Waals surface area (Å²) in [6.07, 6.45) is 1.46. The van der Waals surface area contributed by atoms with Crippen molar-refractivity contribution in [1.82, 2.24) is 4.90 Å². The van der Waals surface area contributed by atoms with Gasteiger partial charge >= 0.3 is 0 Å². The van der Waals surface area contributed by atoms with E-state index in [0.29, 0.717) is 6.42 Å². The van der Waals surface area contributed by atoms with Crippen molar-refractivity contribution < 1.29 is 4.79 Å². The molecule has 0 atom stereocenters. The molecule has 1 aromatic carbocycles. The predicted molar refractivity (Wildman–Crippen MR) is 83.1 cm³/mol. The van der Waals surface area contributed by atoms with Gasteiger partial charge in [0.2, 0.25) is 5.91 Å². The SMILES string of the molecule is CC(C)N(CCCBr)C(=O)Cc1cccc(Br)c1. The Morgan fingerprint density at radius 2 is 2.11 bits per heavy atom. The fourth-order valence-corrected chi connectivity index (χ4v) is 2.52. The number of amides is 1. The van der Waals surface area contributed by atoms with Gasteiger partial charge < -0.3 is 4.90 Å². The Balaban J connectivity index is 2.66. The maximum atomic E-state index is 12.3. The van der Waals surface area contributed by atoms with Crippen molar-refractivity contribution in [2.75, 3.05) is 11.9 Å². The van der Waals surface area contributed by atoms with Crippen molar-refractivity contribution in [3.63, 3.8) is 0 Å². The van der Waals surface area contributed by atoms with E-state index in [0.717, 1.165) is 28.3 Å². The average molecular weight is 377 g/mol. The molecule has 0 bridgehead atoms. The van der Waals surface area contributed by atoms with Gasteiger partial charge in [-0.2, -0.15) is 0 Å². The van der Waals surface area contributed by atoms with E-state index in [9.17, 15) is 4.79 Å². The molecule has 0 saturated carbocycles. The number of rotatable bonds is 6. The summed E-state index contributed by atoms with van der Waals surface area (Å²) >= 11 is 6.84. The summed E-state index contributed by atoms with van der Waals surface area (Å²) in [4.78, 5) is 14.2. The molecule has 0 saturated heterocycles. The van der Waals surface area contributed by atoms with Crippen LogP contribution in [0.2, 0.25) is 0 Å². The number of benzene rings is 1. The molecule has 0 N–H and O–H groups in total. The number of carbonyl (C=O) groups excluding carboxylic acids is 1. The highest BCUT2D eigenvalue weighted by Gasteiger charge is 2.16. The molecule has 0 aliphatic rings. The van der Waals surface area contributed by atoms with Crippen LogP contribution in [0.4, 0.5) is 0 Å². The second kappa shape index (κ2) is 7.95. The normalized spacial score (nSPS) is 10.7. The van der Waals surface area contributed by atoms with Crippen LogP contribution >= 0.6 is 31.9 Å². The lowest BCUT2D eigenvalue weighted by Gasteiger charge is -2.26. The zero-order valence-electron chi connectivity index (χ0n) is 10.8. The quantitative estimate of drug-likeness (QED) is 0.686. The first kappa shape index (κ1) is 15.7. The lowest BCUT2D eigenvalue weighted by atomic mass is 10.1. The second-order valence-corrected chi connectivity index (χ2v) is 6.24. The van der Waals surface area contributed by atoms with Crippen LogP contribution in [-0.2, 0) is 11.2 Å². The highest BCUT2D eigenvalue weighted by atomic mass is 79.9. The van der Waals surface area contributed by atoms with Crippen LogP contribution in [0.5, 0.6) is 0 Å². The van der Waals surface area contributed by atoms with E-state index in [-0.39, 0.29) is 11.9 Å². The molecule has 100 valence electrons. The molecular weight excluding hydrogens is 358 g/mol. The zero-order valence-corrected chi connectivity index (χ0v) is 14.0. The van der Waals surface area contributed by atoms with Crippen molar-refractivity contribution in [1.29, 1.82) is 0 Å². The first-order valence-electron chi connectivity index (χ1n) is 6.14. The smallest absolute Gasteiger partial charge is 0.227 e. The minimum Gasteiger partial charge on any atom is -0.340 e. The maximum Gasteiger partial charge on any atom is 0.227 e. The van der Waals surface area contributed by atoms with Crippen LogP contribution < -0.4 is 0 Å². The third kappa shape index (κ3) is 5.11. The van der Waals surface area contributed by atoms with Gasteiger partial charge in [0.1, 0.15) is 0 Å². The molecule has 0 aromatic heterocycles. The summed E-state index contributed by atoms with van der Waals surface area (Å²) < 4.78 is 1.02. The molecule has 0 aliphatic heterocycles. The summed E-state index contributed by atoms with van der Waals surface area (Å²) in [5, 5.41) is 0.931. The summed E-state index contributed by atoms with van der Waals surface area (Å²) in [6, 6.07) is 8.18. The lowest BCUT2D eigenvalue weighted by Crippen LogP contribution is -2.38. The van der Waals surface area contributed by atoms with Crippen LogP contribution in [0, 0.1) is 0 Å². The summed E-state index contributed by atoms with van der Waals surface area (Å²) in [7, 11) is 0. The molecule has 2 nitrogen and oxygen atoms in total. The number of carbonyl (C=O) groups is 1. The fourth-order valence-electron chi connectivity index (χ4n) is 1.82. The van der Waals surface area contributed by atoms with Crippen molar-refractivity contribution in [3.8, 4) is 0 Å². The van der Waals surface area contributed by atoms with E-state index >= 15 is 0 Å². The Hall–Kier alpha value is -0.350. The van der Waals surface area contributed by atoms with E-state index in [1.807, 2.05) is 29.2 Å². The van der Waals surface area contributed by atoms with Gasteiger partial charge in [-0.3, -0.25) is 4.79 Å². The number of nitrogens with zero attached hydrogens (tertiary/aromatic N) is 1. The number of hydrogen-bond acceptors (Lipinski definition) is 1. The largest absolute Gasteiger partial charge is 0.340 e. The molecule has 4 heteroatoms. The minimum absolute atomic E-state index is 0.198. The van der Waals surface area contributed by atoms with Gasteiger partial charge in [0.25, 0.3) is 0 Å². The molecule has 0 radical (unpaired) electrons. The summed E-state index contributed by atoms with van der Waals surface area (Å²) in [5.41, 5.74) is 1.05. The molecule has 0 heterocycles. The first-order valence-corrected chi connectivity index (χ1v) is 8.06. The Morgan fingerprint density at radius 1 is 1.39 bits per heavy atom. The van der Waals surface area contributed by atoms with Crippen LogP contribution in [0.3, 0.4) is 0 Å². The molecule has 1 rings (SSSR count). The minimum atomic E-state index is 0.198. The van der Waals surface area contributed by atoms with Crippen molar-refractivity contribution >= 4 is 37.8 Å². The molecule has 0 fully saturated rings. The average Bonchev–Trinajstić information content (AvgIpc) is 2.29. The monoisotopic (exact) mass is 375 g/mol. The van der Waals surface area contributed by atoms with Gasteiger partial charge in [-0.25, -0.2) is 0 Å². The Labute approximate surface area is 126 Å². The molecule has 1 aromatic rings. The first-order chi connectivity index (χ1) is 8.54. The topological polar surface area (TPSA) is 20.3 Å². The molecular formula is C14H19Br2NO. The highest BCUT2D eigenvalue weighted by molar-refractivity contribution is 9.10. The van der Waals surface area contributed by atoms with Gasteiger partial charge in [0.15, 0.2) is 0 Å². The second-order valence-electron chi connectivity index (χ2n) is 4.53. The maximum absolute atomic E-state index is 12.3. The summed E-state index contributed by atoms with van der Waals surface area (Å²) in [6.45, 7) is 4.94. The van der Waals surface area contributed by atoms with E-state index in [1.54, 1.807) is 0 Å². The van der Waals surface area contributed by atoms with Gasteiger partial charge in [-0.05, 0) is 38.0 Å². The number of hydrogen-bond donors (Lipinski definition) is 0. The third-order valence-corrected chi connectivity index (χ3v) is 3.77. The van der Waals surface area contributed by atoms with E-state index in [2.05, 4.69) is 45.7 Å². The zero-order chi connectivity index (χ0) is 13.5. The van der Waals surface area contributed by atoms with Gasteiger partial charge in [0, 0.05) is 22.4 Å². The molecule has 1 amide bonds. The van der Waals surface area contributed by atoms with Gasteiger partial charge in [-0.1, -0.05) is 44.0 Å². The van der Waals surface area contributed by atoms with Crippen molar-refractivity contribution in [3.05, 3.63) is 34.3 Å². The van der Waals surface area contributed by atoms with Crippen molar-refractivity contribution in [2.24, 2.45) is 0 Å². The van der Waals surface area contributed by atoms with Crippen LogP contribution in [0.1, 0.15) is 25.8 Å². The van der Waals surface area contributed by atoms with Crippen LogP contribution in [0.25, 0.3) is 0 Å². The number of halogens is 2. The Bertz CT molecular complexity index is 393. The predicted octanol–water partition coefficient (Wildman–Crippen LogP) is 4.01. The van der Waals surface area contributed by atoms with E-state index in [4.69, 9.17) is 0 Å². The van der Waals surface area contributed by atoms with Crippen LogP contribution in [0.15, 0.2) is 28.7 Å². The Morgan fingerprint density at radius 3 is 2.67 bits per heavy atom. The molecule has 18 heavy (non-hydrogen) atoms. The summed E-state index contributed by atoms with van der Waals surface area (Å²) in [5.74, 6) is 0.198. The molecule has 0 aliphatic carbocycles. The van der Waals surface area contributed by atoms with Crippen LogP contribution in [-0.4, -0.2) is 28.7 Å². The van der Waals surface area contributed by atoms with E-state index < -0.39 is 0 Å².